The summed E-state index contributed by atoms with van der Waals surface area (Å²) in [4.78, 5) is 15.8. The fourth-order valence-corrected chi connectivity index (χ4v) is 2.94. The van der Waals surface area contributed by atoms with Crippen LogP contribution in [-0.2, 0) is 0 Å². The van der Waals surface area contributed by atoms with Crippen molar-refractivity contribution in [2.45, 2.75) is 26.8 Å². The largest absolute Gasteiger partial charge is 0.358 e. The van der Waals surface area contributed by atoms with Crippen molar-refractivity contribution in [3.05, 3.63) is 69.9 Å². The van der Waals surface area contributed by atoms with Crippen molar-refractivity contribution >= 4 is 28.4 Å². The molecule has 3 aromatic rings. The van der Waals surface area contributed by atoms with E-state index >= 15 is 0 Å². The number of fused-ring (bicyclic) bond motifs is 1. The average molecular weight is 327 g/mol. The van der Waals surface area contributed by atoms with E-state index in [1.165, 1.54) is 5.56 Å². The Morgan fingerprint density at radius 3 is 2.70 bits per heavy atom. The maximum atomic E-state index is 12.5. The number of hydrogen-bond donors (Lipinski definition) is 2. The first-order valence-electron chi connectivity index (χ1n) is 7.61. The van der Waals surface area contributed by atoms with E-state index < -0.39 is 0 Å². The first-order chi connectivity index (χ1) is 11.0. The van der Waals surface area contributed by atoms with Crippen LogP contribution in [0.1, 0.15) is 40.1 Å². The number of aryl methyl sites for hydroxylation is 2. The van der Waals surface area contributed by atoms with Crippen molar-refractivity contribution < 1.29 is 4.79 Å². The number of nitrogens with one attached hydrogen (secondary N) is 2. The molecular formula is C19H19ClN2O. The number of halogens is 1. The molecule has 1 heterocycles. The van der Waals surface area contributed by atoms with E-state index in [2.05, 4.69) is 17.2 Å². The van der Waals surface area contributed by atoms with E-state index in [4.69, 9.17) is 11.6 Å². The molecule has 0 radical (unpaired) electrons. The number of aromatic amines is 1. The third-order valence-corrected chi connectivity index (χ3v) is 4.50. The fourth-order valence-electron chi connectivity index (χ4n) is 2.74. The molecule has 0 saturated heterocycles. The van der Waals surface area contributed by atoms with Gasteiger partial charge in [0.25, 0.3) is 5.91 Å². The Bertz CT molecular complexity index is 882. The predicted octanol–water partition coefficient (Wildman–Crippen LogP) is 4.93. The summed E-state index contributed by atoms with van der Waals surface area (Å²) in [7, 11) is 0. The zero-order valence-electron chi connectivity index (χ0n) is 13.4. The second-order valence-corrected chi connectivity index (χ2v) is 6.32. The third kappa shape index (κ3) is 3.10. The molecular weight excluding hydrogens is 308 g/mol. The molecule has 3 rings (SSSR count). The Labute approximate surface area is 140 Å². The van der Waals surface area contributed by atoms with Gasteiger partial charge in [-0.3, -0.25) is 4.79 Å². The van der Waals surface area contributed by atoms with Crippen molar-refractivity contribution in [3.63, 3.8) is 0 Å². The van der Waals surface area contributed by atoms with Crippen LogP contribution in [0.25, 0.3) is 10.9 Å². The van der Waals surface area contributed by atoms with Crippen LogP contribution in [0.4, 0.5) is 0 Å². The molecule has 2 aromatic carbocycles. The second kappa shape index (κ2) is 6.09. The maximum Gasteiger partial charge on any atom is 0.251 e. The van der Waals surface area contributed by atoms with Crippen molar-refractivity contribution in [1.82, 2.24) is 10.3 Å². The summed E-state index contributed by atoms with van der Waals surface area (Å²) in [6.07, 6.45) is 0. The van der Waals surface area contributed by atoms with Crippen LogP contribution in [0.2, 0.25) is 5.02 Å². The van der Waals surface area contributed by atoms with Gasteiger partial charge in [0.15, 0.2) is 0 Å². The summed E-state index contributed by atoms with van der Waals surface area (Å²) >= 11 is 6.01. The van der Waals surface area contributed by atoms with Gasteiger partial charge in [-0.15, -0.1) is 0 Å². The molecule has 1 unspecified atom stereocenters. The van der Waals surface area contributed by atoms with E-state index in [9.17, 15) is 4.79 Å². The molecule has 0 spiro atoms. The lowest BCUT2D eigenvalue weighted by molar-refractivity contribution is 0.0940. The van der Waals surface area contributed by atoms with E-state index in [0.29, 0.717) is 10.6 Å². The van der Waals surface area contributed by atoms with E-state index in [0.717, 1.165) is 22.2 Å². The first kappa shape index (κ1) is 15.6. The number of benzene rings is 2. The maximum absolute atomic E-state index is 12.5. The number of amides is 1. The van der Waals surface area contributed by atoms with Crippen LogP contribution in [0.5, 0.6) is 0 Å². The molecule has 0 saturated carbocycles. The summed E-state index contributed by atoms with van der Waals surface area (Å²) in [5.41, 5.74) is 5.01. The zero-order valence-corrected chi connectivity index (χ0v) is 14.2. The topological polar surface area (TPSA) is 44.9 Å². The highest BCUT2D eigenvalue weighted by molar-refractivity contribution is 6.30. The molecule has 1 atom stereocenters. The minimum absolute atomic E-state index is 0.0855. The highest BCUT2D eigenvalue weighted by Gasteiger charge is 2.13. The fraction of sp³-hybridized carbons (Fsp3) is 0.211. The number of rotatable bonds is 3. The third-order valence-electron chi connectivity index (χ3n) is 4.27. The SMILES string of the molecule is Cc1[nH]c2ccc(C(=O)NC(C)c3cccc(Cl)c3)cc2c1C. The molecule has 2 N–H and O–H groups in total. The Kier molecular flexibility index (Phi) is 4.14. The molecule has 23 heavy (non-hydrogen) atoms. The monoisotopic (exact) mass is 326 g/mol. The highest BCUT2D eigenvalue weighted by atomic mass is 35.5. The first-order valence-corrected chi connectivity index (χ1v) is 7.99. The molecule has 0 aliphatic rings. The van der Waals surface area contributed by atoms with Crippen LogP contribution < -0.4 is 5.32 Å². The zero-order chi connectivity index (χ0) is 16.6. The van der Waals surface area contributed by atoms with Crippen LogP contribution in [0, 0.1) is 13.8 Å². The van der Waals surface area contributed by atoms with Gasteiger partial charge in [0, 0.05) is 27.2 Å². The Morgan fingerprint density at radius 1 is 1.17 bits per heavy atom. The van der Waals surface area contributed by atoms with Crippen molar-refractivity contribution in [2.75, 3.05) is 0 Å². The number of carbonyl (C=O) groups is 1. The molecule has 1 amide bonds. The molecule has 118 valence electrons. The number of hydrogen-bond acceptors (Lipinski definition) is 1. The van der Waals surface area contributed by atoms with E-state index in [-0.39, 0.29) is 11.9 Å². The van der Waals surface area contributed by atoms with Gasteiger partial charge < -0.3 is 10.3 Å². The van der Waals surface area contributed by atoms with Gasteiger partial charge in [-0.25, -0.2) is 0 Å². The van der Waals surface area contributed by atoms with Gasteiger partial charge in [-0.1, -0.05) is 23.7 Å². The Balaban J connectivity index is 1.84. The van der Waals surface area contributed by atoms with E-state index in [1.807, 2.05) is 56.3 Å². The van der Waals surface area contributed by atoms with Crippen LogP contribution in [0.15, 0.2) is 42.5 Å². The predicted molar refractivity (Wildman–Crippen MR) is 95.1 cm³/mol. The van der Waals surface area contributed by atoms with Crippen molar-refractivity contribution in [2.24, 2.45) is 0 Å². The molecule has 0 bridgehead atoms. The van der Waals surface area contributed by atoms with Gasteiger partial charge in [0.2, 0.25) is 0 Å². The molecule has 4 heteroatoms. The summed E-state index contributed by atoms with van der Waals surface area (Å²) in [5.74, 6) is -0.0855. The molecule has 0 aliphatic carbocycles. The van der Waals surface area contributed by atoms with Gasteiger partial charge in [-0.05, 0) is 62.2 Å². The molecule has 3 nitrogen and oxygen atoms in total. The van der Waals surface area contributed by atoms with Gasteiger partial charge in [0.1, 0.15) is 0 Å². The summed E-state index contributed by atoms with van der Waals surface area (Å²) < 4.78 is 0. The van der Waals surface area contributed by atoms with Gasteiger partial charge >= 0.3 is 0 Å². The highest BCUT2D eigenvalue weighted by Crippen LogP contribution is 2.23. The minimum Gasteiger partial charge on any atom is -0.358 e. The van der Waals surface area contributed by atoms with Gasteiger partial charge in [0.05, 0.1) is 6.04 Å². The lowest BCUT2D eigenvalue weighted by atomic mass is 10.1. The second-order valence-electron chi connectivity index (χ2n) is 5.89. The smallest absolute Gasteiger partial charge is 0.251 e. The Hall–Kier alpha value is -2.26. The summed E-state index contributed by atoms with van der Waals surface area (Å²) in [6, 6.07) is 13.2. The van der Waals surface area contributed by atoms with Crippen molar-refractivity contribution in [1.29, 1.82) is 0 Å². The van der Waals surface area contributed by atoms with E-state index in [1.54, 1.807) is 0 Å². The van der Waals surface area contributed by atoms with Gasteiger partial charge in [-0.2, -0.15) is 0 Å². The van der Waals surface area contributed by atoms with Crippen LogP contribution >= 0.6 is 11.6 Å². The Morgan fingerprint density at radius 2 is 1.96 bits per heavy atom. The number of carbonyl (C=O) groups excluding carboxylic acids is 1. The normalized spacial score (nSPS) is 12.3. The number of H-pyrrole nitrogens is 1. The number of aromatic nitrogens is 1. The van der Waals surface area contributed by atoms with Crippen molar-refractivity contribution in [3.8, 4) is 0 Å². The molecule has 1 aromatic heterocycles. The van der Waals surface area contributed by atoms with Crippen LogP contribution in [-0.4, -0.2) is 10.9 Å². The molecule has 0 fully saturated rings. The standard InChI is InChI=1S/C19H19ClN2O/c1-11-12(2)21-18-8-7-15(10-17(11)18)19(23)22-13(3)14-5-4-6-16(20)9-14/h4-10,13,21H,1-3H3,(H,22,23). The lowest BCUT2D eigenvalue weighted by Gasteiger charge is -2.14. The minimum atomic E-state index is -0.106. The summed E-state index contributed by atoms with van der Waals surface area (Å²) in [5, 5.41) is 4.78. The molecule has 0 aliphatic heterocycles. The quantitative estimate of drug-likeness (QED) is 0.704. The average Bonchev–Trinajstić information content (AvgIpc) is 2.81. The summed E-state index contributed by atoms with van der Waals surface area (Å²) in [6.45, 7) is 6.05. The van der Waals surface area contributed by atoms with Crippen LogP contribution in [0.3, 0.4) is 0 Å². The lowest BCUT2D eigenvalue weighted by Crippen LogP contribution is -2.26.